The molecule has 0 fully saturated rings. The number of hydrogen-bond donors (Lipinski definition) is 1. The molecule has 1 heterocycles. The molecule has 2 amide bonds. The highest BCUT2D eigenvalue weighted by Crippen LogP contribution is 2.29. The number of carbonyl (C=O) groups is 2. The van der Waals surface area contributed by atoms with E-state index in [0.717, 1.165) is 27.9 Å². The van der Waals surface area contributed by atoms with Crippen LogP contribution in [0.15, 0.2) is 60.7 Å². The highest BCUT2D eigenvalue weighted by Gasteiger charge is 2.27. The summed E-state index contributed by atoms with van der Waals surface area (Å²) in [6.45, 7) is 7.16. The van der Waals surface area contributed by atoms with E-state index in [4.69, 9.17) is 4.74 Å². The van der Waals surface area contributed by atoms with Crippen LogP contribution in [0.3, 0.4) is 0 Å². The third kappa shape index (κ3) is 4.52. The summed E-state index contributed by atoms with van der Waals surface area (Å²) in [5, 5.41) is 2.91. The molecule has 5 heteroatoms. The number of nitrogens with zero attached hydrogens (tertiary/aromatic N) is 1. The molecule has 0 radical (unpaired) electrons. The molecule has 1 N–H and O–H groups in total. The molecule has 164 valence electrons. The fraction of sp³-hybridized carbons (Fsp3) is 0.259. The van der Waals surface area contributed by atoms with Crippen LogP contribution in [0.25, 0.3) is 0 Å². The van der Waals surface area contributed by atoms with Gasteiger partial charge < -0.3 is 15.0 Å². The van der Waals surface area contributed by atoms with Gasteiger partial charge in [0.1, 0.15) is 5.75 Å². The van der Waals surface area contributed by atoms with Crippen LogP contribution in [0.5, 0.6) is 5.75 Å². The van der Waals surface area contributed by atoms with Crippen molar-refractivity contribution in [1.29, 1.82) is 0 Å². The number of rotatable bonds is 6. The van der Waals surface area contributed by atoms with E-state index in [0.29, 0.717) is 30.8 Å². The van der Waals surface area contributed by atoms with Gasteiger partial charge in [0.15, 0.2) is 6.61 Å². The van der Waals surface area contributed by atoms with Crippen molar-refractivity contribution in [2.75, 3.05) is 18.5 Å². The summed E-state index contributed by atoms with van der Waals surface area (Å²) in [4.78, 5) is 27.5. The van der Waals surface area contributed by atoms with Crippen molar-refractivity contribution in [3.8, 4) is 5.75 Å². The quantitative estimate of drug-likeness (QED) is 0.612. The van der Waals surface area contributed by atoms with Crippen LogP contribution in [0, 0.1) is 20.8 Å². The lowest BCUT2D eigenvalue weighted by atomic mass is 9.97. The van der Waals surface area contributed by atoms with Crippen LogP contribution in [0.2, 0.25) is 0 Å². The average Bonchev–Trinajstić information content (AvgIpc) is 2.79. The van der Waals surface area contributed by atoms with E-state index in [1.54, 1.807) is 0 Å². The Morgan fingerprint density at radius 2 is 1.72 bits per heavy atom. The molecule has 0 unspecified atom stereocenters. The minimum atomic E-state index is -0.223. The molecule has 32 heavy (non-hydrogen) atoms. The SMILES string of the molecule is Cc1ccccc1CN1CCc2c(OCC(=O)Nc3cccc(C)c3C)cccc2C1=O. The van der Waals surface area contributed by atoms with Crippen LogP contribution in [0.1, 0.15) is 38.2 Å². The lowest BCUT2D eigenvalue weighted by molar-refractivity contribution is -0.118. The largest absolute Gasteiger partial charge is 0.483 e. The van der Waals surface area contributed by atoms with E-state index in [-0.39, 0.29) is 18.4 Å². The number of fused-ring (bicyclic) bond motifs is 1. The Bertz CT molecular complexity index is 1170. The molecule has 0 aromatic heterocycles. The summed E-state index contributed by atoms with van der Waals surface area (Å²) >= 11 is 0. The zero-order valence-corrected chi connectivity index (χ0v) is 18.8. The minimum Gasteiger partial charge on any atom is -0.483 e. The summed E-state index contributed by atoms with van der Waals surface area (Å²) in [7, 11) is 0. The van der Waals surface area contributed by atoms with Crippen LogP contribution < -0.4 is 10.1 Å². The Kier molecular flexibility index (Phi) is 6.26. The van der Waals surface area contributed by atoms with Gasteiger partial charge >= 0.3 is 0 Å². The number of ether oxygens (including phenoxy) is 1. The summed E-state index contributed by atoms with van der Waals surface area (Å²) in [6.07, 6.45) is 0.696. The third-order valence-electron chi connectivity index (χ3n) is 6.14. The molecular weight excluding hydrogens is 400 g/mol. The fourth-order valence-corrected chi connectivity index (χ4v) is 4.04. The molecule has 1 aliphatic heterocycles. The van der Waals surface area contributed by atoms with Crippen molar-refractivity contribution in [3.05, 3.63) is 94.0 Å². The Morgan fingerprint density at radius 3 is 2.53 bits per heavy atom. The van der Waals surface area contributed by atoms with Crippen LogP contribution >= 0.6 is 0 Å². The first-order chi connectivity index (χ1) is 15.4. The highest BCUT2D eigenvalue weighted by molar-refractivity contribution is 5.97. The van der Waals surface area contributed by atoms with Gasteiger partial charge in [-0.2, -0.15) is 0 Å². The van der Waals surface area contributed by atoms with Crippen molar-refractivity contribution in [1.82, 2.24) is 4.90 Å². The number of anilines is 1. The van der Waals surface area contributed by atoms with Gasteiger partial charge in [-0.1, -0.05) is 42.5 Å². The fourth-order valence-electron chi connectivity index (χ4n) is 4.04. The minimum absolute atomic E-state index is 0.000194. The van der Waals surface area contributed by atoms with Gasteiger partial charge in [-0.3, -0.25) is 9.59 Å². The molecule has 4 rings (SSSR count). The number of aryl methyl sites for hydroxylation is 2. The highest BCUT2D eigenvalue weighted by atomic mass is 16.5. The smallest absolute Gasteiger partial charge is 0.262 e. The third-order valence-corrected chi connectivity index (χ3v) is 6.14. The van der Waals surface area contributed by atoms with Gasteiger partial charge in [-0.05, 0) is 67.6 Å². The van der Waals surface area contributed by atoms with Gasteiger partial charge in [0.25, 0.3) is 11.8 Å². The summed E-state index contributed by atoms with van der Waals surface area (Å²) in [6, 6.07) is 19.4. The maximum atomic E-state index is 13.1. The summed E-state index contributed by atoms with van der Waals surface area (Å²) in [5.41, 5.74) is 6.80. The molecule has 3 aromatic carbocycles. The normalized spacial score (nSPS) is 13.0. The molecule has 0 atom stereocenters. The Labute approximate surface area is 189 Å². The number of carbonyl (C=O) groups excluding carboxylic acids is 2. The molecule has 0 saturated heterocycles. The Morgan fingerprint density at radius 1 is 0.969 bits per heavy atom. The van der Waals surface area contributed by atoms with Gasteiger partial charge in [-0.15, -0.1) is 0 Å². The summed E-state index contributed by atoms with van der Waals surface area (Å²) in [5.74, 6) is 0.377. The Hall–Kier alpha value is -3.60. The molecule has 0 bridgehead atoms. The maximum absolute atomic E-state index is 13.1. The van der Waals surface area contributed by atoms with E-state index in [9.17, 15) is 9.59 Å². The van der Waals surface area contributed by atoms with E-state index < -0.39 is 0 Å². The van der Waals surface area contributed by atoms with Crippen LogP contribution in [-0.4, -0.2) is 29.9 Å². The number of hydrogen-bond acceptors (Lipinski definition) is 3. The maximum Gasteiger partial charge on any atom is 0.262 e. The Balaban J connectivity index is 1.44. The zero-order valence-electron chi connectivity index (χ0n) is 18.8. The van der Waals surface area contributed by atoms with Crippen molar-refractivity contribution in [3.63, 3.8) is 0 Å². The van der Waals surface area contributed by atoms with Crippen molar-refractivity contribution in [2.45, 2.75) is 33.7 Å². The van der Waals surface area contributed by atoms with Crippen LogP contribution in [-0.2, 0) is 17.8 Å². The van der Waals surface area contributed by atoms with Gasteiger partial charge in [0.05, 0.1) is 0 Å². The standard InChI is InChI=1S/C27H28N2O3/c1-18-9-6-12-24(20(18)3)28-26(30)17-32-25-13-7-11-23-22(25)14-15-29(27(23)31)16-21-10-5-4-8-19(21)2/h4-13H,14-17H2,1-3H3,(H,28,30). The monoisotopic (exact) mass is 428 g/mol. The molecule has 3 aromatic rings. The van der Waals surface area contributed by atoms with Crippen LogP contribution in [0.4, 0.5) is 5.69 Å². The van der Waals surface area contributed by atoms with E-state index in [1.807, 2.05) is 67.3 Å². The number of nitrogens with one attached hydrogen (secondary N) is 1. The van der Waals surface area contributed by atoms with E-state index in [2.05, 4.69) is 24.4 Å². The molecule has 1 aliphatic rings. The van der Waals surface area contributed by atoms with Crippen molar-refractivity contribution < 1.29 is 14.3 Å². The predicted molar refractivity (Wildman–Crippen MR) is 126 cm³/mol. The first-order valence-electron chi connectivity index (χ1n) is 10.9. The topological polar surface area (TPSA) is 58.6 Å². The number of benzene rings is 3. The molecule has 0 aliphatic carbocycles. The lowest BCUT2D eigenvalue weighted by Gasteiger charge is -2.30. The molecular formula is C27H28N2O3. The van der Waals surface area contributed by atoms with Gasteiger partial charge in [-0.25, -0.2) is 0 Å². The lowest BCUT2D eigenvalue weighted by Crippen LogP contribution is -2.37. The van der Waals surface area contributed by atoms with E-state index >= 15 is 0 Å². The molecule has 5 nitrogen and oxygen atoms in total. The second kappa shape index (κ2) is 9.27. The van der Waals surface area contributed by atoms with Crippen molar-refractivity contribution >= 4 is 17.5 Å². The second-order valence-corrected chi connectivity index (χ2v) is 8.27. The summed E-state index contributed by atoms with van der Waals surface area (Å²) < 4.78 is 5.85. The zero-order chi connectivity index (χ0) is 22.7. The van der Waals surface area contributed by atoms with E-state index in [1.165, 1.54) is 5.56 Å². The first kappa shape index (κ1) is 21.6. The first-order valence-corrected chi connectivity index (χ1v) is 10.9. The van der Waals surface area contributed by atoms with Gasteiger partial charge in [0, 0.05) is 29.9 Å². The van der Waals surface area contributed by atoms with Gasteiger partial charge in [0.2, 0.25) is 0 Å². The second-order valence-electron chi connectivity index (χ2n) is 8.27. The van der Waals surface area contributed by atoms with Crippen molar-refractivity contribution in [2.24, 2.45) is 0 Å². The average molecular weight is 429 g/mol. The molecule has 0 saturated carbocycles. The number of amides is 2. The molecule has 0 spiro atoms. The predicted octanol–water partition coefficient (Wildman–Crippen LogP) is 4.83.